The largest absolute Gasteiger partial charge is 0.324 e. The van der Waals surface area contributed by atoms with Crippen molar-refractivity contribution in [1.82, 2.24) is 0 Å². The molecule has 0 aromatic heterocycles. The normalized spacial score (nSPS) is 17.4. The fraction of sp³-hybridized carbons (Fsp3) is 0.400. The number of hydrogen-bond donors (Lipinski definition) is 1. The van der Waals surface area contributed by atoms with Gasteiger partial charge in [-0.05, 0) is 24.8 Å². The van der Waals surface area contributed by atoms with Gasteiger partial charge in [0.1, 0.15) is 11.6 Å². The van der Waals surface area contributed by atoms with Crippen molar-refractivity contribution in [3.63, 3.8) is 0 Å². The minimum absolute atomic E-state index is 0. The molecule has 1 aromatic rings. The Hall–Kier alpha value is -0.670. The molecule has 0 bridgehead atoms. The lowest BCUT2D eigenvalue weighted by Gasteiger charge is -2.11. The first-order chi connectivity index (χ1) is 6.18. The second kappa shape index (κ2) is 4.24. The van der Waals surface area contributed by atoms with Crippen molar-refractivity contribution in [2.75, 3.05) is 0 Å². The van der Waals surface area contributed by atoms with Crippen LogP contribution in [0.1, 0.15) is 24.4 Å². The fourth-order valence-corrected chi connectivity index (χ4v) is 1.48. The van der Waals surface area contributed by atoms with Crippen LogP contribution in [-0.2, 0) is 0 Å². The monoisotopic (exact) mass is 219 g/mol. The van der Waals surface area contributed by atoms with E-state index in [4.69, 9.17) is 5.73 Å². The first-order valence-electron chi connectivity index (χ1n) is 4.39. The van der Waals surface area contributed by atoms with Crippen molar-refractivity contribution in [2.45, 2.75) is 18.9 Å². The molecule has 0 spiro atoms. The van der Waals surface area contributed by atoms with Crippen molar-refractivity contribution in [3.8, 4) is 0 Å². The van der Waals surface area contributed by atoms with Crippen molar-refractivity contribution in [1.29, 1.82) is 0 Å². The van der Waals surface area contributed by atoms with Crippen LogP contribution in [0.15, 0.2) is 18.2 Å². The molecule has 1 atom stereocenters. The van der Waals surface area contributed by atoms with Crippen molar-refractivity contribution in [3.05, 3.63) is 35.4 Å². The lowest BCUT2D eigenvalue weighted by Crippen LogP contribution is -2.14. The number of hydrogen-bond acceptors (Lipinski definition) is 1. The van der Waals surface area contributed by atoms with Gasteiger partial charge in [-0.2, -0.15) is 0 Å². The Morgan fingerprint density at radius 3 is 2.43 bits per heavy atom. The predicted molar refractivity (Wildman–Crippen MR) is 53.3 cm³/mol. The third kappa shape index (κ3) is 2.22. The molecule has 78 valence electrons. The Balaban J connectivity index is 0.000000980. The lowest BCUT2D eigenvalue weighted by molar-refractivity contribution is 0.536. The van der Waals surface area contributed by atoms with E-state index in [-0.39, 0.29) is 18.4 Å². The molecule has 1 unspecified atom stereocenters. The SMILES string of the molecule is Cl.NC(c1ccc(F)cc1F)C1CC1. The first kappa shape index (κ1) is 11.4. The van der Waals surface area contributed by atoms with Gasteiger partial charge >= 0.3 is 0 Å². The van der Waals surface area contributed by atoms with E-state index >= 15 is 0 Å². The number of halogens is 3. The summed E-state index contributed by atoms with van der Waals surface area (Å²) >= 11 is 0. The molecule has 1 fully saturated rings. The van der Waals surface area contributed by atoms with E-state index in [2.05, 4.69) is 0 Å². The summed E-state index contributed by atoms with van der Waals surface area (Å²) in [4.78, 5) is 0. The second-order valence-corrected chi connectivity index (χ2v) is 3.53. The van der Waals surface area contributed by atoms with Gasteiger partial charge in [0, 0.05) is 17.7 Å². The summed E-state index contributed by atoms with van der Waals surface area (Å²) in [6, 6.07) is 3.31. The zero-order valence-corrected chi connectivity index (χ0v) is 8.36. The summed E-state index contributed by atoms with van der Waals surface area (Å²) in [5.41, 5.74) is 6.22. The van der Waals surface area contributed by atoms with Gasteiger partial charge in [0.05, 0.1) is 0 Å². The van der Waals surface area contributed by atoms with Gasteiger partial charge in [0.25, 0.3) is 0 Å². The van der Waals surface area contributed by atoms with E-state index in [1.807, 2.05) is 0 Å². The van der Waals surface area contributed by atoms with E-state index in [9.17, 15) is 8.78 Å². The van der Waals surface area contributed by atoms with Crippen LogP contribution in [0.25, 0.3) is 0 Å². The first-order valence-corrected chi connectivity index (χ1v) is 4.39. The standard InChI is InChI=1S/C10H11F2N.ClH/c11-7-3-4-8(9(12)5-7)10(13)6-1-2-6;/h3-6,10H,1-2,13H2;1H. The topological polar surface area (TPSA) is 26.0 Å². The van der Waals surface area contributed by atoms with Crippen molar-refractivity contribution in [2.24, 2.45) is 11.7 Å². The predicted octanol–water partition coefficient (Wildman–Crippen LogP) is 2.80. The molecule has 2 rings (SSSR count). The molecule has 0 aliphatic heterocycles. The summed E-state index contributed by atoms with van der Waals surface area (Å²) in [5, 5.41) is 0. The number of rotatable bonds is 2. The van der Waals surface area contributed by atoms with Crippen LogP contribution < -0.4 is 5.73 Å². The summed E-state index contributed by atoms with van der Waals surface area (Å²) in [7, 11) is 0. The maximum Gasteiger partial charge on any atom is 0.130 e. The quantitative estimate of drug-likeness (QED) is 0.813. The molecule has 1 nitrogen and oxygen atoms in total. The molecule has 0 saturated heterocycles. The lowest BCUT2D eigenvalue weighted by atomic mass is 10.0. The zero-order valence-electron chi connectivity index (χ0n) is 7.54. The molecule has 0 heterocycles. The molecule has 14 heavy (non-hydrogen) atoms. The average Bonchev–Trinajstić information content (AvgIpc) is 2.85. The van der Waals surface area contributed by atoms with Crippen LogP contribution in [0.2, 0.25) is 0 Å². The summed E-state index contributed by atoms with van der Waals surface area (Å²) in [6.07, 6.45) is 2.11. The smallest absolute Gasteiger partial charge is 0.130 e. The highest BCUT2D eigenvalue weighted by atomic mass is 35.5. The third-order valence-corrected chi connectivity index (χ3v) is 2.45. The van der Waals surface area contributed by atoms with Crippen LogP contribution in [0.5, 0.6) is 0 Å². The molecule has 1 aliphatic rings. The van der Waals surface area contributed by atoms with Gasteiger partial charge < -0.3 is 5.73 Å². The maximum absolute atomic E-state index is 13.2. The molecule has 4 heteroatoms. The molecule has 2 N–H and O–H groups in total. The minimum Gasteiger partial charge on any atom is -0.324 e. The molecule has 1 aliphatic carbocycles. The van der Waals surface area contributed by atoms with E-state index < -0.39 is 11.6 Å². The highest BCUT2D eigenvalue weighted by Crippen LogP contribution is 2.40. The fourth-order valence-electron chi connectivity index (χ4n) is 1.48. The number of nitrogens with two attached hydrogens (primary N) is 1. The highest BCUT2D eigenvalue weighted by Gasteiger charge is 2.30. The van der Waals surface area contributed by atoms with Crippen LogP contribution in [0, 0.1) is 17.6 Å². The zero-order chi connectivity index (χ0) is 9.42. The van der Waals surface area contributed by atoms with Gasteiger partial charge in [-0.1, -0.05) is 6.07 Å². The Kier molecular flexibility index (Phi) is 3.45. The molecule has 0 amide bonds. The minimum atomic E-state index is -0.552. The van der Waals surface area contributed by atoms with Crippen molar-refractivity contribution >= 4 is 12.4 Å². The Morgan fingerprint density at radius 2 is 1.93 bits per heavy atom. The van der Waals surface area contributed by atoms with E-state index in [1.54, 1.807) is 0 Å². The summed E-state index contributed by atoms with van der Waals surface area (Å²) in [6.45, 7) is 0. The highest BCUT2D eigenvalue weighted by molar-refractivity contribution is 5.85. The van der Waals surface area contributed by atoms with Gasteiger partial charge in [-0.25, -0.2) is 8.78 Å². The van der Waals surface area contributed by atoms with Crippen LogP contribution in [-0.4, -0.2) is 0 Å². The molecule has 1 aromatic carbocycles. The van der Waals surface area contributed by atoms with E-state index in [0.717, 1.165) is 18.9 Å². The van der Waals surface area contributed by atoms with Crippen LogP contribution in [0.4, 0.5) is 8.78 Å². The van der Waals surface area contributed by atoms with Gasteiger partial charge in [0.15, 0.2) is 0 Å². The van der Waals surface area contributed by atoms with Gasteiger partial charge in [-0.15, -0.1) is 12.4 Å². The van der Waals surface area contributed by atoms with Gasteiger partial charge in [-0.3, -0.25) is 0 Å². The van der Waals surface area contributed by atoms with Gasteiger partial charge in [0.2, 0.25) is 0 Å². The average molecular weight is 220 g/mol. The summed E-state index contributed by atoms with van der Waals surface area (Å²) < 4.78 is 25.7. The molecule has 1 saturated carbocycles. The molecule has 0 radical (unpaired) electrons. The molecular formula is C10H12ClF2N. The van der Waals surface area contributed by atoms with Crippen molar-refractivity contribution < 1.29 is 8.78 Å². The second-order valence-electron chi connectivity index (χ2n) is 3.53. The van der Waals surface area contributed by atoms with E-state index in [0.29, 0.717) is 11.5 Å². The van der Waals surface area contributed by atoms with Crippen LogP contribution >= 0.6 is 12.4 Å². The van der Waals surface area contributed by atoms with E-state index in [1.165, 1.54) is 12.1 Å². The Morgan fingerprint density at radius 1 is 1.29 bits per heavy atom. The number of benzene rings is 1. The Labute approximate surface area is 87.7 Å². The summed E-state index contributed by atoms with van der Waals surface area (Å²) in [5.74, 6) is -0.691. The third-order valence-electron chi connectivity index (χ3n) is 2.45. The maximum atomic E-state index is 13.2. The Bertz CT molecular complexity index is 326. The molecular weight excluding hydrogens is 208 g/mol. The van der Waals surface area contributed by atoms with Crippen LogP contribution in [0.3, 0.4) is 0 Å².